The summed E-state index contributed by atoms with van der Waals surface area (Å²) in [7, 11) is 0. The molecule has 2 aromatic carbocycles. The molecule has 15 heavy (non-hydrogen) atoms. The van der Waals surface area contributed by atoms with Crippen molar-refractivity contribution in [2.75, 3.05) is 0 Å². The van der Waals surface area contributed by atoms with Crippen molar-refractivity contribution in [2.24, 2.45) is 0 Å². The maximum atomic E-state index is 6.23. The van der Waals surface area contributed by atoms with Gasteiger partial charge in [-0.15, -0.1) is 0 Å². The van der Waals surface area contributed by atoms with Crippen LogP contribution in [0.15, 0.2) is 42.5 Å². The second-order valence-corrected chi connectivity index (χ2v) is 4.24. The summed E-state index contributed by atoms with van der Waals surface area (Å²) in [4.78, 5) is 0. The Morgan fingerprint density at radius 2 is 1.67 bits per heavy atom. The number of rotatable bonds is 0. The summed E-state index contributed by atoms with van der Waals surface area (Å²) >= 11 is 6.23. The van der Waals surface area contributed by atoms with E-state index in [-0.39, 0.29) is 0 Å². The minimum atomic E-state index is 0.848. The Bertz CT molecular complexity index is 529. The number of fused-ring (bicyclic) bond motifs is 3. The molecule has 0 atom stereocenters. The smallest absolute Gasteiger partial charge is 0.0452 e. The van der Waals surface area contributed by atoms with E-state index in [2.05, 4.69) is 37.3 Å². The molecule has 0 aliphatic heterocycles. The van der Waals surface area contributed by atoms with Crippen LogP contribution in [0, 0.1) is 5.92 Å². The van der Waals surface area contributed by atoms with E-state index in [9.17, 15) is 0 Å². The first-order valence-corrected chi connectivity index (χ1v) is 5.39. The molecule has 3 rings (SSSR count). The van der Waals surface area contributed by atoms with Gasteiger partial charge in [0.1, 0.15) is 10.6 Å². The fraction of sp³-hybridized carbons (Fsp3) is 0.0714. The quantitative estimate of drug-likeness (QED) is 0.572. The van der Waals surface area contributed by atoms with Crippen LogP contribution < -0.4 is 0 Å². The third-order valence-corrected chi connectivity index (χ3v) is 3.32. The zero-order valence-electron chi connectivity index (χ0n) is 8.42. The minimum absolute atomic E-state index is 0.848. The van der Waals surface area contributed by atoms with Crippen LogP contribution in [0.5, 0.6) is 0 Å². The van der Waals surface area contributed by atoms with Crippen molar-refractivity contribution in [3.05, 3.63) is 64.5 Å². The molecule has 0 amide bonds. The highest BCUT2D eigenvalue weighted by molar-refractivity contribution is 6.32. The highest BCUT2D eigenvalue weighted by Gasteiger charge is 2.34. The first-order chi connectivity index (χ1) is 7.29. The summed E-state index contributed by atoms with van der Waals surface area (Å²) in [6.07, 6.45) is 0. The summed E-state index contributed by atoms with van der Waals surface area (Å²) < 4.78 is 0. The second kappa shape index (κ2) is 3.04. The van der Waals surface area contributed by atoms with Gasteiger partial charge in [-0.05, 0) is 54.9 Å². The molecule has 72 valence electrons. The van der Waals surface area contributed by atoms with Gasteiger partial charge in [-0.3, -0.25) is 0 Å². The second-order valence-electron chi connectivity index (χ2n) is 3.83. The lowest BCUT2D eigenvalue weighted by Crippen LogP contribution is -1.91. The lowest BCUT2D eigenvalue weighted by molar-refractivity contribution is 1.24. The zero-order chi connectivity index (χ0) is 10.4. The van der Waals surface area contributed by atoms with Gasteiger partial charge >= 0.3 is 0 Å². The van der Waals surface area contributed by atoms with E-state index in [1.165, 1.54) is 28.2 Å². The molecule has 0 N–H and O–H groups in total. The summed E-state index contributed by atoms with van der Waals surface area (Å²) in [5, 5.41) is 0.848. The fourth-order valence-corrected chi connectivity index (χ4v) is 2.63. The third kappa shape index (κ3) is 1.12. The Labute approximate surface area is 94.5 Å². The third-order valence-electron chi connectivity index (χ3n) is 3.01. The van der Waals surface area contributed by atoms with Crippen LogP contribution in [0.25, 0.3) is 11.1 Å². The Balaban J connectivity index is 2.37. The molecule has 1 aliphatic carbocycles. The summed E-state index contributed by atoms with van der Waals surface area (Å²) in [6, 6.07) is 14.6. The Morgan fingerprint density at radius 1 is 0.933 bits per heavy atom. The van der Waals surface area contributed by atoms with E-state index >= 15 is 0 Å². The molecule has 0 aromatic heterocycles. The van der Waals surface area contributed by atoms with E-state index in [4.69, 9.17) is 11.6 Å². The van der Waals surface area contributed by atoms with Crippen molar-refractivity contribution in [3.63, 3.8) is 0 Å². The molecule has 2 aromatic rings. The number of halogens is 1. The molecule has 0 heterocycles. The molecule has 0 fully saturated rings. The van der Waals surface area contributed by atoms with Crippen molar-refractivity contribution in [1.82, 2.24) is 0 Å². The van der Waals surface area contributed by atoms with Gasteiger partial charge in [-0.25, -0.2) is 0 Å². The predicted molar refractivity (Wildman–Crippen MR) is 64.0 cm³/mol. The maximum absolute atomic E-state index is 6.23. The Hall–Kier alpha value is -1.40. The van der Waals surface area contributed by atoms with Crippen LogP contribution >= 0.6 is 11.6 Å². The van der Waals surface area contributed by atoms with Crippen LogP contribution in [0.3, 0.4) is 0 Å². The van der Waals surface area contributed by atoms with E-state index in [1.54, 1.807) is 0 Å². The van der Waals surface area contributed by atoms with E-state index in [1.807, 2.05) is 12.1 Å². The maximum Gasteiger partial charge on any atom is 0.113 e. The van der Waals surface area contributed by atoms with Gasteiger partial charge in [0.15, 0.2) is 0 Å². The van der Waals surface area contributed by atoms with Gasteiger partial charge in [0.2, 0.25) is 0 Å². The SMILES string of the molecule is C[C+]1c2ccccc2-c2cccc(Cl)c21. The molecule has 0 saturated carbocycles. The lowest BCUT2D eigenvalue weighted by Gasteiger charge is -1.99. The monoisotopic (exact) mass is 213 g/mol. The van der Waals surface area contributed by atoms with Crippen LogP contribution in [-0.4, -0.2) is 0 Å². The lowest BCUT2D eigenvalue weighted by atomic mass is 9.99. The van der Waals surface area contributed by atoms with Gasteiger partial charge in [0.25, 0.3) is 0 Å². The molecule has 0 bridgehead atoms. The van der Waals surface area contributed by atoms with Crippen molar-refractivity contribution in [1.29, 1.82) is 0 Å². The van der Waals surface area contributed by atoms with Crippen LogP contribution in [-0.2, 0) is 0 Å². The van der Waals surface area contributed by atoms with Crippen molar-refractivity contribution in [2.45, 2.75) is 6.92 Å². The number of hydrogen-bond donors (Lipinski definition) is 0. The average Bonchev–Trinajstić information content (AvgIpc) is 2.55. The van der Waals surface area contributed by atoms with Crippen LogP contribution in [0.2, 0.25) is 5.02 Å². The average molecular weight is 214 g/mol. The highest BCUT2D eigenvalue weighted by Crippen LogP contribution is 2.46. The highest BCUT2D eigenvalue weighted by atomic mass is 35.5. The van der Waals surface area contributed by atoms with Crippen molar-refractivity contribution >= 4 is 11.6 Å². The Morgan fingerprint density at radius 3 is 2.53 bits per heavy atom. The van der Waals surface area contributed by atoms with Crippen molar-refractivity contribution < 1.29 is 0 Å². The van der Waals surface area contributed by atoms with E-state index in [0.29, 0.717) is 0 Å². The molecule has 1 heteroatoms. The topological polar surface area (TPSA) is 0 Å². The van der Waals surface area contributed by atoms with Gasteiger partial charge in [0, 0.05) is 12.0 Å². The normalized spacial score (nSPS) is 12.5. The first-order valence-electron chi connectivity index (χ1n) is 5.01. The number of benzene rings is 2. The molecule has 1 aliphatic rings. The van der Waals surface area contributed by atoms with Gasteiger partial charge in [-0.1, -0.05) is 0 Å². The van der Waals surface area contributed by atoms with Crippen LogP contribution in [0.1, 0.15) is 18.1 Å². The molecule has 0 spiro atoms. The molecule has 0 radical (unpaired) electrons. The standard InChI is InChI=1S/C14H10Cl/c1-9-10-5-2-3-6-11(10)12-7-4-8-13(15)14(9)12/h2-8H,1H3/q+1. The van der Waals surface area contributed by atoms with E-state index < -0.39 is 0 Å². The molecular weight excluding hydrogens is 204 g/mol. The van der Waals surface area contributed by atoms with E-state index in [0.717, 1.165) is 5.02 Å². The van der Waals surface area contributed by atoms with Gasteiger partial charge in [-0.2, -0.15) is 0 Å². The summed E-state index contributed by atoms with van der Waals surface area (Å²) in [6.45, 7) is 2.14. The molecular formula is C14H10Cl+. The predicted octanol–water partition coefficient (Wildman–Crippen LogP) is 4.31. The Kier molecular flexibility index (Phi) is 1.80. The largest absolute Gasteiger partial charge is 0.113 e. The fourth-order valence-electron chi connectivity index (χ4n) is 2.31. The molecule has 0 unspecified atom stereocenters. The van der Waals surface area contributed by atoms with Gasteiger partial charge in [0.05, 0.1) is 16.7 Å². The number of hydrogen-bond acceptors (Lipinski definition) is 0. The summed E-state index contributed by atoms with van der Waals surface area (Å²) in [5.74, 6) is 1.28. The zero-order valence-corrected chi connectivity index (χ0v) is 9.18. The summed E-state index contributed by atoms with van der Waals surface area (Å²) in [5.41, 5.74) is 5.06. The minimum Gasteiger partial charge on any atom is -0.0452 e. The van der Waals surface area contributed by atoms with Crippen molar-refractivity contribution in [3.8, 4) is 11.1 Å². The first kappa shape index (κ1) is 8.87. The van der Waals surface area contributed by atoms with Crippen LogP contribution in [0.4, 0.5) is 0 Å². The molecule has 0 nitrogen and oxygen atoms in total. The van der Waals surface area contributed by atoms with Gasteiger partial charge < -0.3 is 0 Å². The molecule has 0 saturated heterocycles.